The minimum absolute atomic E-state index is 0.117. The molecule has 3 aromatic rings. The maximum Gasteiger partial charge on any atom is 0.149 e. The lowest BCUT2D eigenvalue weighted by Gasteiger charge is -2.23. The summed E-state index contributed by atoms with van der Waals surface area (Å²) in [6.45, 7) is 0. The third-order valence-electron chi connectivity index (χ3n) is 5.20. The van der Waals surface area contributed by atoms with Crippen molar-refractivity contribution < 1.29 is 4.74 Å². The van der Waals surface area contributed by atoms with Crippen LogP contribution in [0.25, 0.3) is 6.08 Å². The predicted molar refractivity (Wildman–Crippen MR) is 124 cm³/mol. The van der Waals surface area contributed by atoms with Gasteiger partial charge >= 0.3 is 0 Å². The largest absolute Gasteiger partial charge is 0.497 e. The van der Waals surface area contributed by atoms with E-state index in [9.17, 15) is 0 Å². The molecule has 1 unspecified atom stereocenters. The maximum absolute atomic E-state index is 5.23. The van der Waals surface area contributed by atoms with Crippen molar-refractivity contribution in [2.75, 3.05) is 31.1 Å². The molecule has 0 fully saturated rings. The second-order valence-corrected chi connectivity index (χ2v) is 7.44. The molecular formula is C25H26N4O. The third-order valence-corrected chi connectivity index (χ3v) is 5.20. The maximum atomic E-state index is 5.23. The van der Waals surface area contributed by atoms with E-state index in [0.29, 0.717) is 0 Å². The van der Waals surface area contributed by atoms with E-state index in [4.69, 9.17) is 9.84 Å². The van der Waals surface area contributed by atoms with Crippen molar-refractivity contribution in [2.45, 2.75) is 12.5 Å². The van der Waals surface area contributed by atoms with Crippen molar-refractivity contribution in [1.82, 2.24) is 4.98 Å². The molecule has 152 valence electrons. The van der Waals surface area contributed by atoms with Gasteiger partial charge in [0.2, 0.25) is 0 Å². The molecule has 4 rings (SSSR count). The summed E-state index contributed by atoms with van der Waals surface area (Å²) in [5, 5.41) is 6.91. The molecule has 5 heteroatoms. The summed E-state index contributed by atoms with van der Waals surface area (Å²) in [6, 6.07) is 22.7. The molecule has 0 spiro atoms. The number of anilines is 2. The monoisotopic (exact) mass is 398 g/mol. The van der Waals surface area contributed by atoms with Crippen LogP contribution in [0.4, 0.5) is 11.5 Å². The van der Waals surface area contributed by atoms with Gasteiger partial charge in [-0.1, -0.05) is 36.4 Å². The van der Waals surface area contributed by atoms with Gasteiger partial charge in [-0.25, -0.2) is 9.99 Å². The van der Waals surface area contributed by atoms with Gasteiger partial charge in [-0.15, -0.1) is 0 Å². The van der Waals surface area contributed by atoms with Gasteiger partial charge in [0, 0.05) is 32.4 Å². The van der Waals surface area contributed by atoms with Crippen molar-refractivity contribution in [2.24, 2.45) is 5.10 Å². The summed E-state index contributed by atoms with van der Waals surface area (Å²) >= 11 is 0. The van der Waals surface area contributed by atoms with Crippen LogP contribution in [0.2, 0.25) is 0 Å². The van der Waals surface area contributed by atoms with Gasteiger partial charge in [-0.05, 0) is 53.6 Å². The summed E-state index contributed by atoms with van der Waals surface area (Å²) in [6.07, 6.45) is 6.81. The zero-order valence-electron chi connectivity index (χ0n) is 17.6. The zero-order chi connectivity index (χ0) is 20.9. The molecule has 1 aliphatic heterocycles. The summed E-state index contributed by atoms with van der Waals surface area (Å²) in [5.41, 5.74) is 4.55. The van der Waals surface area contributed by atoms with Gasteiger partial charge in [0.25, 0.3) is 0 Å². The molecule has 1 aromatic heterocycles. The van der Waals surface area contributed by atoms with Gasteiger partial charge in [0.15, 0.2) is 0 Å². The molecule has 0 saturated heterocycles. The van der Waals surface area contributed by atoms with E-state index in [1.807, 2.05) is 53.7 Å². The lowest BCUT2D eigenvalue weighted by molar-refractivity contribution is 0.415. The Morgan fingerprint density at radius 2 is 1.73 bits per heavy atom. The lowest BCUT2D eigenvalue weighted by Crippen LogP contribution is -2.19. The van der Waals surface area contributed by atoms with Gasteiger partial charge in [0.05, 0.1) is 18.9 Å². The molecule has 1 aliphatic rings. The minimum atomic E-state index is 0.117. The normalized spacial score (nSPS) is 16.0. The van der Waals surface area contributed by atoms with Crippen molar-refractivity contribution in [3.8, 4) is 5.75 Å². The fraction of sp³-hybridized carbons (Fsp3) is 0.200. The van der Waals surface area contributed by atoms with Crippen LogP contribution in [0, 0.1) is 0 Å². The smallest absolute Gasteiger partial charge is 0.149 e. The summed E-state index contributed by atoms with van der Waals surface area (Å²) < 4.78 is 5.23. The molecule has 0 bridgehead atoms. The number of ether oxygens (including phenoxy) is 1. The van der Waals surface area contributed by atoms with Crippen LogP contribution in [0.3, 0.4) is 0 Å². The van der Waals surface area contributed by atoms with E-state index in [2.05, 4.69) is 60.4 Å². The van der Waals surface area contributed by atoms with Gasteiger partial charge in [-0.3, -0.25) is 0 Å². The van der Waals surface area contributed by atoms with Crippen LogP contribution in [0.1, 0.15) is 23.6 Å². The number of aromatic nitrogens is 1. The van der Waals surface area contributed by atoms with Crippen LogP contribution in [0.15, 0.2) is 84.1 Å². The van der Waals surface area contributed by atoms with E-state index in [1.165, 1.54) is 11.3 Å². The standard InChI is InChI=1S/C25H26N4O/c1-28(2)22-13-10-20(11-14-22)24-18-21(27-29(24)25-6-4-5-17-26-25)12-7-19-8-15-23(30-3)16-9-19/h4-17,24H,18H2,1-3H3. The zero-order valence-corrected chi connectivity index (χ0v) is 17.6. The van der Waals surface area contributed by atoms with Gasteiger partial charge < -0.3 is 9.64 Å². The Kier molecular flexibility index (Phi) is 5.80. The van der Waals surface area contributed by atoms with E-state index in [-0.39, 0.29) is 6.04 Å². The van der Waals surface area contributed by atoms with E-state index < -0.39 is 0 Å². The van der Waals surface area contributed by atoms with Crippen molar-refractivity contribution in [3.63, 3.8) is 0 Å². The Balaban J connectivity index is 1.60. The fourth-order valence-corrected chi connectivity index (χ4v) is 3.50. The first-order chi connectivity index (χ1) is 14.6. The van der Waals surface area contributed by atoms with Crippen LogP contribution in [-0.2, 0) is 0 Å². The number of pyridine rings is 1. The number of rotatable bonds is 6. The second kappa shape index (κ2) is 8.82. The van der Waals surface area contributed by atoms with Crippen LogP contribution >= 0.6 is 0 Å². The third kappa shape index (κ3) is 4.35. The Morgan fingerprint density at radius 3 is 2.37 bits per heavy atom. The van der Waals surface area contributed by atoms with Crippen molar-refractivity contribution in [3.05, 3.63) is 90.1 Å². The average molecular weight is 399 g/mol. The first-order valence-corrected chi connectivity index (χ1v) is 10.0. The SMILES string of the molecule is COc1ccc(C=CC2=NN(c3ccccn3)C(c3ccc(N(C)C)cc3)C2)cc1. The summed E-state index contributed by atoms with van der Waals surface area (Å²) in [4.78, 5) is 6.63. The van der Waals surface area contributed by atoms with Crippen LogP contribution in [0.5, 0.6) is 5.75 Å². The molecule has 2 aromatic carbocycles. The van der Waals surface area contributed by atoms with Gasteiger partial charge in [0.1, 0.15) is 11.6 Å². The Morgan fingerprint density at radius 1 is 0.967 bits per heavy atom. The van der Waals surface area contributed by atoms with Crippen molar-refractivity contribution >= 4 is 23.3 Å². The number of benzene rings is 2. The highest BCUT2D eigenvalue weighted by molar-refractivity contribution is 6.01. The average Bonchev–Trinajstić information content (AvgIpc) is 3.23. The number of hydrogen-bond acceptors (Lipinski definition) is 5. The highest BCUT2D eigenvalue weighted by atomic mass is 16.5. The molecule has 30 heavy (non-hydrogen) atoms. The topological polar surface area (TPSA) is 41.0 Å². The van der Waals surface area contributed by atoms with Crippen LogP contribution in [-0.4, -0.2) is 31.9 Å². The number of nitrogens with zero attached hydrogens (tertiary/aromatic N) is 4. The van der Waals surface area contributed by atoms with E-state index in [0.717, 1.165) is 29.3 Å². The first-order valence-electron chi connectivity index (χ1n) is 10.0. The predicted octanol–water partition coefficient (Wildman–Crippen LogP) is 5.18. The second-order valence-electron chi connectivity index (χ2n) is 7.44. The molecule has 0 radical (unpaired) electrons. The van der Waals surface area contributed by atoms with Gasteiger partial charge in [-0.2, -0.15) is 5.10 Å². The Labute approximate surface area is 177 Å². The highest BCUT2D eigenvalue weighted by Crippen LogP contribution is 2.35. The quantitative estimate of drug-likeness (QED) is 0.574. The fourth-order valence-electron chi connectivity index (χ4n) is 3.50. The minimum Gasteiger partial charge on any atom is -0.497 e. The molecule has 0 aliphatic carbocycles. The Bertz CT molecular complexity index is 1030. The molecule has 0 saturated carbocycles. The van der Waals surface area contributed by atoms with E-state index in [1.54, 1.807) is 7.11 Å². The van der Waals surface area contributed by atoms with Crippen molar-refractivity contribution in [1.29, 1.82) is 0 Å². The molecule has 5 nitrogen and oxygen atoms in total. The molecule has 0 N–H and O–H groups in total. The molecular weight excluding hydrogens is 372 g/mol. The number of methoxy groups -OCH3 is 1. The lowest BCUT2D eigenvalue weighted by atomic mass is 10.0. The number of hydrogen-bond donors (Lipinski definition) is 0. The summed E-state index contributed by atoms with van der Waals surface area (Å²) in [5.74, 6) is 1.71. The number of allylic oxidation sites excluding steroid dienone is 1. The number of hydrazone groups is 1. The Hall–Kier alpha value is -3.60. The molecule has 0 amide bonds. The molecule has 2 heterocycles. The molecule has 1 atom stereocenters. The van der Waals surface area contributed by atoms with Crippen LogP contribution < -0.4 is 14.6 Å². The van der Waals surface area contributed by atoms with E-state index >= 15 is 0 Å². The first kappa shape index (κ1) is 19.7. The summed E-state index contributed by atoms with van der Waals surface area (Å²) in [7, 11) is 5.78. The highest BCUT2D eigenvalue weighted by Gasteiger charge is 2.28.